The molecule has 0 radical (unpaired) electrons. The number of fused-ring (bicyclic) bond motifs is 1. The molecule has 4 rings (SSSR count). The largest absolute Gasteiger partial charge is 0.503 e. The number of aromatic nitrogens is 1. The minimum absolute atomic E-state index is 0.201. The zero-order chi connectivity index (χ0) is 17.6. The van der Waals surface area contributed by atoms with Gasteiger partial charge in [0.15, 0.2) is 17.4 Å². The van der Waals surface area contributed by atoms with E-state index in [2.05, 4.69) is 6.07 Å². The first-order chi connectivity index (χ1) is 12.1. The van der Waals surface area contributed by atoms with Gasteiger partial charge in [0, 0.05) is 28.5 Å². The third-order valence-electron chi connectivity index (χ3n) is 4.04. The van der Waals surface area contributed by atoms with Crippen LogP contribution in [0.4, 0.5) is 8.78 Å². The molecule has 0 fully saturated rings. The molecule has 25 heavy (non-hydrogen) atoms. The average Bonchev–Trinajstić information content (AvgIpc) is 3.24. The number of nitrogens with zero attached hydrogens (tertiary/aromatic N) is 2. The number of phenols is 1. The number of benzene rings is 2. The minimum Gasteiger partial charge on any atom is -0.503 e. The Morgan fingerprint density at radius 1 is 1.08 bits per heavy atom. The predicted octanol–water partition coefficient (Wildman–Crippen LogP) is 5.21. The summed E-state index contributed by atoms with van der Waals surface area (Å²) in [6.45, 7) is 0. The second kappa shape index (κ2) is 5.72. The lowest BCUT2D eigenvalue weighted by Gasteiger charge is -2.11. The van der Waals surface area contributed by atoms with E-state index in [9.17, 15) is 19.1 Å². The van der Waals surface area contributed by atoms with Gasteiger partial charge >= 0.3 is 0 Å². The van der Waals surface area contributed by atoms with Crippen molar-refractivity contribution < 1.29 is 13.9 Å². The number of halogens is 2. The SMILES string of the molecule is N#Cc1c(-c2ccsc2)n(-c2cc(F)c(O)c(F)c2)c2ccccc12. The molecule has 6 heteroatoms. The van der Waals surface area contributed by atoms with Crippen molar-refractivity contribution in [3.8, 4) is 28.8 Å². The van der Waals surface area contributed by atoms with Crippen LogP contribution in [0.5, 0.6) is 5.75 Å². The Hall–Kier alpha value is -3.17. The van der Waals surface area contributed by atoms with Gasteiger partial charge in [-0.1, -0.05) is 18.2 Å². The van der Waals surface area contributed by atoms with E-state index < -0.39 is 17.4 Å². The van der Waals surface area contributed by atoms with Gasteiger partial charge in [0.1, 0.15) is 6.07 Å². The summed E-state index contributed by atoms with van der Waals surface area (Å²) in [6, 6.07) is 13.4. The van der Waals surface area contributed by atoms with E-state index in [4.69, 9.17) is 0 Å². The van der Waals surface area contributed by atoms with Gasteiger partial charge in [0.25, 0.3) is 0 Å². The normalized spacial score (nSPS) is 10.9. The number of hydrogen-bond donors (Lipinski definition) is 1. The van der Waals surface area contributed by atoms with Crippen molar-refractivity contribution in [2.45, 2.75) is 0 Å². The summed E-state index contributed by atoms with van der Waals surface area (Å²) in [5, 5.41) is 23.5. The molecule has 2 aromatic carbocycles. The third-order valence-corrected chi connectivity index (χ3v) is 4.72. The van der Waals surface area contributed by atoms with Gasteiger partial charge < -0.3 is 9.67 Å². The van der Waals surface area contributed by atoms with Crippen LogP contribution < -0.4 is 0 Å². The molecule has 0 amide bonds. The molecule has 0 unspecified atom stereocenters. The van der Waals surface area contributed by atoms with Gasteiger partial charge in [-0.3, -0.25) is 0 Å². The van der Waals surface area contributed by atoms with Crippen molar-refractivity contribution >= 4 is 22.2 Å². The molecule has 2 aromatic heterocycles. The summed E-state index contributed by atoms with van der Waals surface area (Å²) >= 11 is 1.47. The lowest BCUT2D eigenvalue weighted by Crippen LogP contribution is -1.99. The van der Waals surface area contributed by atoms with Crippen LogP contribution in [0.15, 0.2) is 53.2 Å². The van der Waals surface area contributed by atoms with Gasteiger partial charge in [-0.05, 0) is 17.5 Å². The fourth-order valence-electron chi connectivity index (χ4n) is 2.98. The van der Waals surface area contributed by atoms with Crippen molar-refractivity contribution in [3.63, 3.8) is 0 Å². The molecule has 0 aliphatic rings. The zero-order valence-electron chi connectivity index (χ0n) is 12.7. The quantitative estimate of drug-likeness (QED) is 0.538. The number of rotatable bonds is 2. The Morgan fingerprint density at radius 2 is 1.80 bits per heavy atom. The van der Waals surface area contributed by atoms with Crippen LogP contribution in [-0.2, 0) is 0 Å². The highest BCUT2D eigenvalue weighted by Crippen LogP contribution is 2.38. The standard InChI is InChI=1S/C19H10F2N2OS/c20-15-7-12(8-16(21)19(15)24)23-17-4-2-1-3-13(17)14(9-22)18(23)11-5-6-25-10-11/h1-8,10,24H. The monoisotopic (exact) mass is 352 g/mol. The predicted molar refractivity (Wildman–Crippen MR) is 92.9 cm³/mol. The molecule has 4 aromatic rings. The molecular weight excluding hydrogens is 342 g/mol. The van der Waals surface area contributed by atoms with E-state index in [1.807, 2.05) is 22.9 Å². The molecule has 0 spiro atoms. The molecule has 0 aliphatic heterocycles. The molecular formula is C19H10F2N2OS. The Balaban J connectivity index is 2.17. The van der Waals surface area contributed by atoms with Crippen molar-refractivity contribution in [1.29, 1.82) is 5.26 Å². The first kappa shape index (κ1) is 15.4. The van der Waals surface area contributed by atoms with Crippen LogP contribution in [0.25, 0.3) is 27.8 Å². The van der Waals surface area contributed by atoms with Crippen LogP contribution in [0, 0.1) is 23.0 Å². The summed E-state index contributed by atoms with van der Waals surface area (Å²) in [6.07, 6.45) is 0. The van der Waals surface area contributed by atoms with Crippen LogP contribution in [-0.4, -0.2) is 9.67 Å². The maximum Gasteiger partial charge on any atom is 0.187 e. The van der Waals surface area contributed by atoms with Gasteiger partial charge in [-0.2, -0.15) is 16.6 Å². The number of aromatic hydroxyl groups is 1. The van der Waals surface area contributed by atoms with E-state index in [0.29, 0.717) is 22.2 Å². The Kier molecular flexibility index (Phi) is 3.52. The second-order valence-electron chi connectivity index (χ2n) is 5.46. The van der Waals surface area contributed by atoms with Crippen molar-refractivity contribution in [3.05, 3.63) is 70.4 Å². The van der Waals surface area contributed by atoms with Crippen LogP contribution >= 0.6 is 11.3 Å². The van der Waals surface area contributed by atoms with Crippen molar-refractivity contribution in [1.82, 2.24) is 4.57 Å². The average molecular weight is 352 g/mol. The lowest BCUT2D eigenvalue weighted by atomic mass is 10.1. The fourth-order valence-corrected chi connectivity index (χ4v) is 3.62. The number of nitriles is 1. The minimum atomic E-state index is -1.05. The van der Waals surface area contributed by atoms with Gasteiger partial charge in [0.05, 0.1) is 22.5 Å². The Labute approximate surface area is 145 Å². The van der Waals surface area contributed by atoms with Gasteiger partial charge in [-0.15, -0.1) is 0 Å². The van der Waals surface area contributed by atoms with Crippen molar-refractivity contribution in [2.24, 2.45) is 0 Å². The Morgan fingerprint density at radius 3 is 2.44 bits per heavy atom. The highest BCUT2D eigenvalue weighted by molar-refractivity contribution is 7.08. The molecule has 0 bridgehead atoms. The van der Waals surface area contributed by atoms with Gasteiger partial charge in [0.2, 0.25) is 0 Å². The molecule has 3 nitrogen and oxygen atoms in total. The number of thiophene rings is 1. The summed E-state index contributed by atoms with van der Waals surface area (Å²) in [5.41, 5.74) is 2.64. The topological polar surface area (TPSA) is 49.0 Å². The highest BCUT2D eigenvalue weighted by atomic mass is 32.1. The van der Waals surface area contributed by atoms with Crippen LogP contribution in [0.3, 0.4) is 0 Å². The van der Waals surface area contributed by atoms with E-state index in [1.54, 1.807) is 22.8 Å². The molecule has 0 saturated heterocycles. The van der Waals surface area contributed by atoms with Crippen LogP contribution in [0.2, 0.25) is 0 Å². The molecule has 122 valence electrons. The lowest BCUT2D eigenvalue weighted by molar-refractivity contribution is 0.396. The second-order valence-corrected chi connectivity index (χ2v) is 6.24. The zero-order valence-corrected chi connectivity index (χ0v) is 13.5. The fraction of sp³-hybridized carbons (Fsp3) is 0. The highest BCUT2D eigenvalue weighted by Gasteiger charge is 2.21. The van der Waals surface area contributed by atoms with Gasteiger partial charge in [-0.25, -0.2) is 8.78 Å². The molecule has 0 atom stereocenters. The van der Waals surface area contributed by atoms with Crippen molar-refractivity contribution in [2.75, 3.05) is 0 Å². The summed E-state index contributed by atoms with van der Waals surface area (Å²) < 4.78 is 29.5. The molecule has 2 heterocycles. The molecule has 0 aliphatic carbocycles. The smallest absolute Gasteiger partial charge is 0.187 e. The number of hydrogen-bond acceptors (Lipinski definition) is 3. The summed E-state index contributed by atoms with van der Waals surface area (Å²) in [4.78, 5) is 0. The summed E-state index contributed by atoms with van der Waals surface area (Å²) in [5.74, 6) is -3.12. The van der Waals surface area contributed by atoms with E-state index in [0.717, 1.165) is 17.7 Å². The Bertz CT molecular complexity index is 1120. The maximum absolute atomic E-state index is 13.9. The van der Waals surface area contributed by atoms with E-state index >= 15 is 0 Å². The maximum atomic E-state index is 13.9. The first-order valence-corrected chi connectivity index (χ1v) is 8.30. The first-order valence-electron chi connectivity index (χ1n) is 7.36. The number of phenolic OH excluding ortho intramolecular Hbond substituents is 1. The summed E-state index contributed by atoms with van der Waals surface area (Å²) in [7, 11) is 0. The van der Waals surface area contributed by atoms with E-state index in [-0.39, 0.29) is 5.69 Å². The third kappa shape index (κ3) is 2.29. The van der Waals surface area contributed by atoms with E-state index in [1.165, 1.54) is 11.3 Å². The molecule has 0 saturated carbocycles. The molecule has 1 N–H and O–H groups in total. The van der Waals surface area contributed by atoms with Crippen LogP contribution in [0.1, 0.15) is 5.56 Å². The number of para-hydroxylation sites is 1.